The highest BCUT2D eigenvalue weighted by Gasteiger charge is 2.20. The van der Waals surface area contributed by atoms with E-state index in [0.29, 0.717) is 39.9 Å². The van der Waals surface area contributed by atoms with Crippen LogP contribution in [0.4, 0.5) is 11.4 Å². The Balaban J connectivity index is 2.05. The first-order valence-corrected chi connectivity index (χ1v) is 11.1. The van der Waals surface area contributed by atoms with Gasteiger partial charge in [-0.05, 0) is 43.2 Å². The maximum absolute atomic E-state index is 12.3. The van der Waals surface area contributed by atoms with Crippen LogP contribution in [0.2, 0.25) is 5.02 Å². The maximum Gasteiger partial charge on any atom is 0.232 e. The molecule has 2 aromatic rings. The number of nitrogens with one attached hydrogen (secondary N) is 1. The first-order chi connectivity index (χ1) is 13.7. The van der Waals surface area contributed by atoms with Crippen LogP contribution in [0.1, 0.15) is 18.4 Å². The number of ether oxygens (including phenoxy) is 2. The molecule has 29 heavy (non-hydrogen) atoms. The number of carbonyl (C=O) groups excluding carboxylic acids is 1. The summed E-state index contributed by atoms with van der Waals surface area (Å²) < 4.78 is 36.2. The third kappa shape index (κ3) is 6.01. The van der Waals surface area contributed by atoms with Gasteiger partial charge in [0.05, 0.1) is 31.9 Å². The second kappa shape index (κ2) is 9.84. The molecule has 0 radical (unpaired) electrons. The summed E-state index contributed by atoms with van der Waals surface area (Å²) in [6, 6.07) is 10.2. The highest BCUT2D eigenvalue weighted by atomic mass is 35.5. The standard InChI is InChI=1S/C20H25ClN2O5S/c1-14-16(21)7-5-8-18(14)23(29(4,25)26)12-6-9-20(24)22-17-11-10-15(27-2)13-19(17)28-3/h5,7-8,10-11,13H,6,9,12H2,1-4H3,(H,22,24). The minimum Gasteiger partial charge on any atom is -0.497 e. The topological polar surface area (TPSA) is 84.9 Å². The van der Waals surface area contributed by atoms with Gasteiger partial charge in [0.1, 0.15) is 11.5 Å². The Hall–Kier alpha value is -2.45. The third-order valence-electron chi connectivity index (χ3n) is 4.36. The van der Waals surface area contributed by atoms with Crippen molar-refractivity contribution in [2.45, 2.75) is 19.8 Å². The van der Waals surface area contributed by atoms with Crippen molar-refractivity contribution in [3.63, 3.8) is 0 Å². The van der Waals surface area contributed by atoms with Crippen LogP contribution >= 0.6 is 11.6 Å². The second-order valence-electron chi connectivity index (χ2n) is 6.44. The van der Waals surface area contributed by atoms with Crippen LogP contribution < -0.4 is 19.1 Å². The number of benzene rings is 2. The van der Waals surface area contributed by atoms with Crippen molar-refractivity contribution in [1.29, 1.82) is 0 Å². The molecular formula is C20H25ClN2O5S. The Morgan fingerprint density at radius 3 is 2.52 bits per heavy atom. The number of halogens is 1. The lowest BCUT2D eigenvalue weighted by Crippen LogP contribution is -2.32. The van der Waals surface area contributed by atoms with Crippen LogP contribution in [0.15, 0.2) is 36.4 Å². The normalized spacial score (nSPS) is 11.1. The van der Waals surface area contributed by atoms with Crippen molar-refractivity contribution in [1.82, 2.24) is 0 Å². The van der Waals surface area contributed by atoms with Gasteiger partial charge in [-0.25, -0.2) is 8.42 Å². The number of carbonyl (C=O) groups is 1. The van der Waals surface area contributed by atoms with E-state index in [2.05, 4.69) is 5.32 Å². The van der Waals surface area contributed by atoms with Crippen LogP contribution in [0.25, 0.3) is 0 Å². The third-order valence-corrected chi connectivity index (χ3v) is 5.95. The van der Waals surface area contributed by atoms with E-state index in [1.807, 2.05) is 0 Å². The van der Waals surface area contributed by atoms with Gasteiger partial charge in [0, 0.05) is 24.1 Å². The predicted octanol–water partition coefficient (Wildman–Crippen LogP) is 3.85. The molecule has 0 fully saturated rings. The number of amides is 1. The fourth-order valence-electron chi connectivity index (χ4n) is 2.83. The molecule has 0 bridgehead atoms. The predicted molar refractivity (Wildman–Crippen MR) is 116 cm³/mol. The summed E-state index contributed by atoms with van der Waals surface area (Å²) in [5, 5.41) is 3.26. The fraction of sp³-hybridized carbons (Fsp3) is 0.350. The number of hydrogen-bond acceptors (Lipinski definition) is 5. The summed E-state index contributed by atoms with van der Waals surface area (Å²) in [5.41, 5.74) is 1.70. The minimum absolute atomic E-state index is 0.140. The lowest BCUT2D eigenvalue weighted by Gasteiger charge is -2.24. The number of hydrogen-bond donors (Lipinski definition) is 1. The van der Waals surface area contributed by atoms with Crippen LogP contribution in [0.3, 0.4) is 0 Å². The molecule has 2 aromatic carbocycles. The van der Waals surface area contributed by atoms with Gasteiger partial charge in [-0.3, -0.25) is 9.10 Å². The van der Waals surface area contributed by atoms with Crippen LogP contribution in [0, 0.1) is 6.92 Å². The number of nitrogens with zero attached hydrogens (tertiary/aromatic N) is 1. The minimum atomic E-state index is -3.52. The highest BCUT2D eigenvalue weighted by molar-refractivity contribution is 7.92. The summed E-state index contributed by atoms with van der Waals surface area (Å²) in [4.78, 5) is 12.3. The largest absolute Gasteiger partial charge is 0.497 e. The Kier molecular flexibility index (Phi) is 7.75. The van der Waals surface area contributed by atoms with E-state index in [4.69, 9.17) is 21.1 Å². The van der Waals surface area contributed by atoms with Crippen LogP contribution in [-0.4, -0.2) is 41.3 Å². The lowest BCUT2D eigenvalue weighted by atomic mass is 10.2. The molecular weight excluding hydrogens is 416 g/mol. The molecule has 0 aliphatic carbocycles. The van der Waals surface area contributed by atoms with Gasteiger partial charge in [-0.15, -0.1) is 0 Å². The van der Waals surface area contributed by atoms with E-state index in [0.717, 1.165) is 6.26 Å². The van der Waals surface area contributed by atoms with Crippen molar-refractivity contribution < 1.29 is 22.7 Å². The van der Waals surface area contributed by atoms with Crippen molar-refractivity contribution in [3.05, 3.63) is 47.0 Å². The van der Waals surface area contributed by atoms with Gasteiger partial charge in [-0.2, -0.15) is 0 Å². The molecule has 7 nitrogen and oxygen atoms in total. The van der Waals surface area contributed by atoms with E-state index in [1.165, 1.54) is 11.4 Å². The SMILES string of the molecule is COc1ccc(NC(=O)CCCN(c2cccc(Cl)c2C)S(C)(=O)=O)c(OC)c1. The molecule has 9 heteroatoms. The molecule has 0 aliphatic heterocycles. The molecule has 0 aromatic heterocycles. The molecule has 1 amide bonds. The monoisotopic (exact) mass is 440 g/mol. The second-order valence-corrected chi connectivity index (χ2v) is 8.75. The lowest BCUT2D eigenvalue weighted by molar-refractivity contribution is -0.116. The summed E-state index contributed by atoms with van der Waals surface area (Å²) in [5.74, 6) is 0.843. The van der Waals surface area contributed by atoms with Gasteiger partial charge in [-0.1, -0.05) is 17.7 Å². The zero-order valence-electron chi connectivity index (χ0n) is 16.9. The van der Waals surface area contributed by atoms with E-state index < -0.39 is 10.0 Å². The highest BCUT2D eigenvalue weighted by Crippen LogP contribution is 2.30. The van der Waals surface area contributed by atoms with Gasteiger partial charge >= 0.3 is 0 Å². The number of anilines is 2. The fourth-order valence-corrected chi connectivity index (χ4v) is 4.01. The Morgan fingerprint density at radius 1 is 1.17 bits per heavy atom. The average molecular weight is 441 g/mol. The van der Waals surface area contributed by atoms with Crippen molar-refractivity contribution in [2.24, 2.45) is 0 Å². The molecule has 0 heterocycles. The van der Waals surface area contributed by atoms with Crippen LogP contribution in [-0.2, 0) is 14.8 Å². The molecule has 0 spiro atoms. The number of sulfonamides is 1. The van der Waals surface area contributed by atoms with E-state index in [1.54, 1.807) is 50.4 Å². The zero-order chi connectivity index (χ0) is 21.6. The summed E-state index contributed by atoms with van der Waals surface area (Å²) in [7, 11) is -0.478. The summed E-state index contributed by atoms with van der Waals surface area (Å²) in [6.45, 7) is 1.92. The first kappa shape index (κ1) is 22.8. The zero-order valence-corrected chi connectivity index (χ0v) is 18.4. The molecule has 158 valence electrons. The molecule has 0 atom stereocenters. The molecule has 0 saturated heterocycles. The van der Waals surface area contributed by atoms with E-state index in [-0.39, 0.29) is 18.9 Å². The Bertz CT molecular complexity index is 979. The van der Waals surface area contributed by atoms with Crippen molar-refractivity contribution >= 4 is 38.9 Å². The number of methoxy groups -OCH3 is 2. The van der Waals surface area contributed by atoms with Crippen molar-refractivity contribution in [2.75, 3.05) is 36.6 Å². The summed E-state index contributed by atoms with van der Waals surface area (Å²) in [6.07, 6.45) is 1.61. The van der Waals surface area contributed by atoms with Gasteiger partial charge in [0.15, 0.2) is 0 Å². The van der Waals surface area contributed by atoms with E-state index >= 15 is 0 Å². The maximum atomic E-state index is 12.3. The van der Waals surface area contributed by atoms with E-state index in [9.17, 15) is 13.2 Å². The molecule has 1 N–H and O–H groups in total. The molecule has 0 unspecified atom stereocenters. The summed E-state index contributed by atoms with van der Waals surface area (Å²) >= 11 is 6.13. The quantitative estimate of drug-likeness (QED) is 0.640. The van der Waals surface area contributed by atoms with Gasteiger partial charge in [0.25, 0.3) is 0 Å². The van der Waals surface area contributed by atoms with Crippen LogP contribution in [0.5, 0.6) is 11.5 Å². The smallest absolute Gasteiger partial charge is 0.232 e. The first-order valence-electron chi connectivity index (χ1n) is 8.92. The molecule has 0 saturated carbocycles. The van der Waals surface area contributed by atoms with Crippen molar-refractivity contribution in [3.8, 4) is 11.5 Å². The average Bonchev–Trinajstić information content (AvgIpc) is 2.67. The number of rotatable bonds is 9. The molecule has 0 aliphatic rings. The van der Waals surface area contributed by atoms with Gasteiger partial charge in [0.2, 0.25) is 15.9 Å². The molecule has 2 rings (SSSR count). The Morgan fingerprint density at radius 2 is 1.90 bits per heavy atom. The Labute approximate surface area is 176 Å². The van der Waals surface area contributed by atoms with Gasteiger partial charge < -0.3 is 14.8 Å².